The summed E-state index contributed by atoms with van der Waals surface area (Å²) in [6, 6.07) is 8.72. The number of benzene rings is 1. The van der Waals surface area contributed by atoms with Crippen LogP contribution in [-0.2, 0) is 19.1 Å². The summed E-state index contributed by atoms with van der Waals surface area (Å²) in [4.78, 5) is 38.9. The van der Waals surface area contributed by atoms with Gasteiger partial charge < -0.3 is 14.6 Å². The van der Waals surface area contributed by atoms with Crippen molar-refractivity contribution in [1.29, 1.82) is 0 Å². The molecule has 0 radical (unpaired) electrons. The number of imide groups is 1. The van der Waals surface area contributed by atoms with Gasteiger partial charge in [-0.1, -0.05) is 30.3 Å². The fraction of sp³-hybridized carbons (Fsp3) is 0.409. The molecule has 1 N–H and O–H groups in total. The fourth-order valence-corrected chi connectivity index (χ4v) is 3.50. The second-order valence-electron chi connectivity index (χ2n) is 7.20. The largest absolute Gasteiger partial charge is 0.482 e. The predicted molar refractivity (Wildman–Crippen MR) is 105 cm³/mol. The van der Waals surface area contributed by atoms with Crippen LogP contribution in [0.4, 0.5) is 4.79 Å². The van der Waals surface area contributed by atoms with E-state index in [4.69, 9.17) is 14.6 Å². The number of aliphatic hydroxyl groups is 1. The number of cyclic esters (lactones) is 1. The van der Waals surface area contributed by atoms with Gasteiger partial charge in [0.1, 0.15) is 11.9 Å². The normalized spacial score (nSPS) is 26.4. The number of ether oxygens (including phenoxy) is 2. The number of hydrogen-bond acceptors (Lipinski definition) is 6. The Balaban J connectivity index is 1.74. The molecule has 2 amide bonds. The van der Waals surface area contributed by atoms with Crippen LogP contribution < -0.4 is 0 Å². The van der Waals surface area contributed by atoms with Crippen LogP contribution >= 0.6 is 0 Å². The van der Waals surface area contributed by atoms with Gasteiger partial charge in [-0.25, -0.2) is 9.69 Å². The summed E-state index contributed by atoms with van der Waals surface area (Å²) in [5.74, 6) is -1.23. The zero-order valence-corrected chi connectivity index (χ0v) is 16.5. The van der Waals surface area contributed by atoms with Crippen LogP contribution in [0.3, 0.4) is 0 Å². The number of aliphatic hydroxyl groups excluding tert-OH is 1. The molecule has 7 heteroatoms. The maximum absolute atomic E-state index is 13.1. The molecule has 1 aromatic rings. The van der Waals surface area contributed by atoms with E-state index in [2.05, 4.69) is 0 Å². The smallest absolute Gasteiger partial charge is 0.417 e. The van der Waals surface area contributed by atoms with Gasteiger partial charge in [0.05, 0.1) is 12.0 Å². The van der Waals surface area contributed by atoms with E-state index < -0.39 is 36.2 Å². The number of ketones is 1. The maximum atomic E-state index is 13.1. The molecule has 1 fully saturated rings. The van der Waals surface area contributed by atoms with E-state index in [1.54, 1.807) is 26.0 Å². The number of allylic oxidation sites excluding steroid dienone is 2. The Morgan fingerprint density at radius 1 is 1.21 bits per heavy atom. The molecule has 2 aliphatic rings. The van der Waals surface area contributed by atoms with Crippen LogP contribution in [0.2, 0.25) is 0 Å². The SMILES string of the molecule is C[C@@H]1[C@H](c2ccccc2)OC(=O)N1C(=O)[C@H](C)[C@H]1OC(=CCCCO)C=CC1=O. The number of hydrogen-bond donors (Lipinski definition) is 1. The summed E-state index contributed by atoms with van der Waals surface area (Å²) < 4.78 is 11.1. The minimum Gasteiger partial charge on any atom is -0.482 e. The van der Waals surface area contributed by atoms with Crippen molar-refractivity contribution in [3.63, 3.8) is 0 Å². The van der Waals surface area contributed by atoms with Crippen molar-refractivity contribution in [2.45, 2.75) is 44.9 Å². The molecule has 2 aliphatic heterocycles. The van der Waals surface area contributed by atoms with Gasteiger partial charge in [0.25, 0.3) is 0 Å². The zero-order chi connectivity index (χ0) is 21.0. The van der Waals surface area contributed by atoms with Gasteiger partial charge in [0, 0.05) is 6.61 Å². The maximum Gasteiger partial charge on any atom is 0.417 e. The van der Waals surface area contributed by atoms with Gasteiger partial charge in [-0.3, -0.25) is 9.59 Å². The average Bonchev–Trinajstić information content (AvgIpc) is 3.03. The lowest BCUT2D eigenvalue weighted by Gasteiger charge is -2.28. The van der Waals surface area contributed by atoms with Crippen LogP contribution in [-0.4, -0.2) is 46.5 Å². The molecule has 7 nitrogen and oxygen atoms in total. The highest BCUT2D eigenvalue weighted by molar-refractivity contribution is 6.01. The van der Waals surface area contributed by atoms with E-state index in [0.717, 1.165) is 10.5 Å². The van der Waals surface area contributed by atoms with Crippen molar-refractivity contribution >= 4 is 17.8 Å². The second kappa shape index (κ2) is 9.05. The Labute approximate surface area is 169 Å². The highest BCUT2D eigenvalue weighted by Gasteiger charge is 2.47. The molecule has 0 bridgehead atoms. The van der Waals surface area contributed by atoms with Gasteiger partial charge in [-0.05, 0) is 50.5 Å². The zero-order valence-electron chi connectivity index (χ0n) is 16.5. The van der Waals surface area contributed by atoms with Crippen LogP contribution in [0.25, 0.3) is 0 Å². The Morgan fingerprint density at radius 3 is 2.62 bits per heavy atom. The Hall–Kier alpha value is -2.93. The molecule has 0 spiro atoms. The first-order valence-corrected chi connectivity index (χ1v) is 9.72. The highest BCUT2D eigenvalue weighted by Crippen LogP contribution is 2.34. The molecule has 0 unspecified atom stereocenters. The van der Waals surface area contributed by atoms with Gasteiger partial charge in [0.15, 0.2) is 11.9 Å². The Morgan fingerprint density at radius 2 is 1.93 bits per heavy atom. The first-order valence-electron chi connectivity index (χ1n) is 9.72. The number of carbonyl (C=O) groups excluding carboxylic acids is 3. The van der Waals surface area contributed by atoms with Crippen molar-refractivity contribution in [3.05, 3.63) is 59.9 Å². The molecule has 154 valence electrons. The van der Waals surface area contributed by atoms with Gasteiger partial charge in [-0.15, -0.1) is 0 Å². The second-order valence-corrected chi connectivity index (χ2v) is 7.20. The summed E-state index contributed by atoms with van der Waals surface area (Å²) in [5.41, 5.74) is 0.804. The summed E-state index contributed by atoms with van der Waals surface area (Å²) in [5, 5.41) is 8.89. The highest BCUT2D eigenvalue weighted by atomic mass is 16.6. The van der Waals surface area contributed by atoms with Crippen molar-refractivity contribution in [1.82, 2.24) is 4.90 Å². The van der Waals surface area contributed by atoms with Gasteiger partial charge >= 0.3 is 6.09 Å². The monoisotopic (exact) mass is 399 g/mol. The number of rotatable bonds is 6. The predicted octanol–water partition coefficient (Wildman–Crippen LogP) is 2.91. The van der Waals surface area contributed by atoms with Crippen LogP contribution in [0.5, 0.6) is 0 Å². The van der Waals surface area contributed by atoms with Gasteiger partial charge in [0.2, 0.25) is 5.91 Å². The third kappa shape index (κ3) is 4.40. The van der Waals surface area contributed by atoms with Crippen LogP contribution in [0.1, 0.15) is 38.4 Å². The molecular formula is C22H25NO6. The van der Waals surface area contributed by atoms with E-state index in [1.807, 2.05) is 30.3 Å². The van der Waals surface area contributed by atoms with Crippen molar-refractivity contribution in [3.8, 4) is 0 Å². The number of nitrogens with zero attached hydrogens (tertiary/aromatic N) is 1. The lowest BCUT2D eigenvalue weighted by Crippen LogP contribution is -2.47. The summed E-state index contributed by atoms with van der Waals surface area (Å²) in [7, 11) is 0. The van der Waals surface area contributed by atoms with E-state index >= 15 is 0 Å². The summed E-state index contributed by atoms with van der Waals surface area (Å²) in [6.45, 7) is 3.38. The lowest BCUT2D eigenvalue weighted by atomic mass is 9.95. The third-order valence-electron chi connectivity index (χ3n) is 5.14. The molecule has 2 heterocycles. The molecule has 0 aliphatic carbocycles. The lowest BCUT2D eigenvalue weighted by molar-refractivity contribution is -0.142. The molecule has 0 aromatic heterocycles. The quantitative estimate of drug-likeness (QED) is 0.740. The van der Waals surface area contributed by atoms with Gasteiger partial charge in [-0.2, -0.15) is 0 Å². The van der Waals surface area contributed by atoms with Crippen molar-refractivity contribution < 1.29 is 29.0 Å². The topological polar surface area (TPSA) is 93.1 Å². The van der Waals surface area contributed by atoms with E-state index in [9.17, 15) is 14.4 Å². The number of amides is 2. The molecule has 3 rings (SSSR count). The van der Waals surface area contributed by atoms with Crippen LogP contribution in [0, 0.1) is 5.92 Å². The molecular weight excluding hydrogens is 374 g/mol. The number of carbonyl (C=O) groups is 3. The minimum atomic E-state index is -1.01. The standard InChI is InChI=1S/C22H25NO6/c1-14(19-18(25)12-11-17(28-19)10-6-7-13-24)21(26)23-15(2)20(29-22(23)27)16-8-4-3-5-9-16/h3-5,8-12,14-15,19-20,24H,6-7,13H2,1-2H3/t14-,15-,19-,20-/m1/s1. The molecule has 1 aromatic carbocycles. The van der Waals surface area contributed by atoms with E-state index in [1.165, 1.54) is 6.08 Å². The number of unbranched alkanes of at least 4 members (excludes halogenated alkanes) is 1. The molecule has 4 atom stereocenters. The minimum absolute atomic E-state index is 0.0578. The molecule has 1 saturated heterocycles. The fourth-order valence-electron chi connectivity index (χ4n) is 3.50. The molecule has 29 heavy (non-hydrogen) atoms. The first-order chi connectivity index (χ1) is 13.9. The van der Waals surface area contributed by atoms with Crippen LogP contribution in [0.15, 0.2) is 54.3 Å². The Kier molecular flexibility index (Phi) is 6.49. The third-order valence-corrected chi connectivity index (χ3v) is 5.14. The summed E-state index contributed by atoms with van der Waals surface area (Å²) >= 11 is 0. The Bertz CT molecular complexity index is 831. The average molecular weight is 399 g/mol. The first kappa shape index (κ1) is 20.8. The summed E-state index contributed by atoms with van der Waals surface area (Å²) in [6.07, 6.45) is 3.56. The molecule has 0 saturated carbocycles. The van der Waals surface area contributed by atoms with Crippen molar-refractivity contribution in [2.24, 2.45) is 5.92 Å². The van der Waals surface area contributed by atoms with E-state index in [-0.39, 0.29) is 12.4 Å². The van der Waals surface area contributed by atoms with Crippen molar-refractivity contribution in [2.75, 3.05) is 6.61 Å². The van der Waals surface area contributed by atoms with E-state index in [0.29, 0.717) is 18.6 Å².